The van der Waals surface area contributed by atoms with Gasteiger partial charge in [0.25, 0.3) is 0 Å². The molecule has 1 aromatic rings. The molecule has 47 heavy (non-hydrogen) atoms. The summed E-state index contributed by atoms with van der Waals surface area (Å²) >= 11 is 0. The van der Waals surface area contributed by atoms with E-state index < -0.39 is 78.6 Å². The second kappa shape index (κ2) is 19.3. The Balaban J connectivity index is 2.03. The number of carboxylic acid groups (broad SMARTS) is 2. The SMILES string of the molecule is NCC(=O)N[C@@H](Cc1ccccc1)C(=O)N1CCC[C@H]1C(=O)NCC(=O)N[C@@H](CCC(=O)O)C(=O)N[C@@H](CCCN=C(N)N)C(=O)O. The highest BCUT2D eigenvalue weighted by molar-refractivity contribution is 5.95. The number of carbonyl (C=O) groups excluding carboxylic acids is 5. The Labute approximate surface area is 270 Å². The zero-order chi connectivity index (χ0) is 34.9. The van der Waals surface area contributed by atoms with Crippen molar-refractivity contribution in [1.82, 2.24) is 26.2 Å². The molecule has 1 heterocycles. The molecule has 0 radical (unpaired) electrons. The van der Waals surface area contributed by atoms with E-state index >= 15 is 0 Å². The average Bonchev–Trinajstić information content (AvgIpc) is 3.53. The van der Waals surface area contributed by atoms with Gasteiger partial charge in [0.05, 0.1) is 13.1 Å². The first-order valence-corrected chi connectivity index (χ1v) is 15.0. The van der Waals surface area contributed by atoms with E-state index in [0.717, 1.165) is 5.56 Å². The van der Waals surface area contributed by atoms with Gasteiger partial charge in [-0.3, -0.25) is 33.8 Å². The molecule has 12 N–H and O–H groups in total. The third-order valence-electron chi connectivity index (χ3n) is 7.22. The summed E-state index contributed by atoms with van der Waals surface area (Å²) in [6, 6.07) is 4.25. The lowest BCUT2D eigenvalue weighted by Gasteiger charge is -2.29. The summed E-state index contributed by atoms with van der Waals surface area (Å²) < 4.78 is 0. The maximum Gasteiger partial charge on any atom is 0.326 e. The topological polar surface area (TPSA) is 302 Å². The average molecular weight is 662 g/mol. The highest BCUT2D eigenvalue weighted by Crippen LogP contribution is 2.20. The van der Waals surface area contributed by atoms with Crippen molar-refractivity contribution in [2.75, 3.05) is 26.2 Å². The zero-order valence-corrected chi connectivity index (χ0v) is 25.9. The Bertz CT molecular complexity index is 1310. The number of hydrogen-bond acceptors (Lipinski definition) is 9. The van der Waals surface area contributed by atoms with Crippen molar-refractivity contribution in [3.63, 3.8) is 0 Å². The van der Waals surface area contributed by atoms with Crippen LogP contribution in [0.15, 0.2) is 35.3 Å². The van der Waals surface area contributed by atoms with Gasteiger partial charge in [-0.15, -0.1) is 0 Å². The molecule has 2 rings (SSSR count). The monoisotopic (exact) mass is 661 g/mol. The number of benzene rings is 1. The Kier molecular flexibility index (Phi) is 15.6. The van der Waals surface area contributed by atoms with E-state index in [9.17, 15) is 38.7 Å². The third kappa shape index (κ3) is 13.3. The summed E-state index contributed by atoms with van der Waals surface area (Å²) in [5.74, 6) is -6.26. The lowest BCUT2D eigenvalue weighted by molar-refractivity contribution is -0.143. The first-order valence-electron chi connectivity index (χ1n) is 15.0. The van der Waals surface area contributed by atoms with Crippen LogP contribution < -0.4 is 38.5 Å². The Morgan fingerprint density at radius 2 is 1.60 bits per heavy atom. The molecule has 18 heteroatoms. The fraction of sp³-hybridized carbons (Fsp3) is 0.517. The molecular formula is C29H43N9O9. The molecule has 0 spiro atoms. The van der Waals surface area contributed by atoms with Crippen molar-refractivity contribution < 1.29 is 43.8 Å². The van der Waals surface area contributed by atoms with Gasteiger partial charge in [-0.25, -0.2) is 4.79 Å². The Morgan fingerprint density at radius 3 is 2.21 bits per heavy atom. The largest absolute Gasteiger partial charge is 0.481 e. The summed E-state index contributed by atoms with van der Waals surface area (Å²) in [4.78, 5) is 92.2. The fourth-order valence-corrected chi connectivity index (χ4v) is 4.91. The van der Waals surface area contributed by atoms with E-state index in [1.807, 2.05) is 6.07 Å². The van der Waals surface area contributed by atoms with Crippen molar-refractivity contribution in [1.29, 1.82) is 0 Å². The highest BCUT2D eigenvalue weighted by Gasteiger charge is 2.38. The van der Waals surface area contributed by atoms with E-state index in [4.69, 9.17) is 22.3 Å². The van der Waals surface area contributed by atoms with E-state index in [0.29, 0.717) is 12.8 Å². The van der Waals surface area contributed by atoms with E-state index in [1.54, 1.807) is 24.3 Å². The van der Waals surface area contributed by atoms with Crippen LogP contribution in [0.5, 0.6) is 0 Å². The first kappa shape index (κ1) is 37.9. The second-order valence-electron chi connectivity index (χ2n) is 10.8. The van der Waals surface area contributed by atoms with Gasteiger partial charge in [0, 0.05) is 25.9 Å². The van der Waals surface area contributed by atoms with E-state index in [-0.39, 0.29) is 51.3 Å². The van der Waals surface area contributed by atoms with Gasteiger partial charge >= 0.3 is 11.9 Å². The van der Waals surface area contributed by atoms with Crippen LogP contribution in [0.4, 0.5) is 0 Å². The molecule has 258 valence electrons. The van der Waals surface area contributed by atoms with E-state index in [1.165, 1.54) is 4.90 Å². The smallest absolute Gasteiger partial charge is 0.326 e. The van der Waals surface area contributed by atoms with Gasteiger partial charge in [-0.1, -0.05) is 30.3 Å². The quantitative estimate of drug-likeness (QED) is 0.0401. The van der Waals surface area contributed by atoms with Gasteiger partial charge in [0.15, 0.2) is 5.96 Å². The number of carboxylic acids is 2. The zero-order valence-electron chi connectivity index (χ0n) is 25.9. The number of nitrogens with one attached hydrogen (secondary N) is 4. The van der Waals surface area contributed by atoms with Gasteiger partial charge in [-0.05, 0) is 37.7 Å². The molecule has 1 fully saturated rings. The number of amides is 5. The summed E-state index contributed by atoms with van der Waals surface area (Å²) in [5, 5.41) is 28.3. The normalized spacial score (nSPS) is 15.8. The molecule has 1 aromatic carbocycles. The Hall–Kier alpha value is -5.26. The van der Waals surface area contributed by atoms with Gasteiger partial charge < -0.3 is 53.6 Å². The van der Waals surface area contributed by atoms with E-state index in [2.05, 4.69) is 26.3 Å². The predicted molar refractivity (Wildman–Crippen MR) is 167 cm³/mol. The summed E-state index contributed by atoms with van der Waals surface area (Å²) in [6.07, 6.45) is 0.239. The fourth-order valence-electron chi connectivity index (χ4n) is 4.91. The van der Waals surface area contributed by atoms with Crippen LogP contribution in [0, 0.1) is 0 Å². The second-order valence-corrected chi connectivity index (χ2v) is 10.8. The number of aliphatic imine (C=N–C) groups is 1. The maximum absolute atomic E-state index is 13.5. The lowest BCUT2D eigenvalue weighted by atomic mass is 10.0. The first-order chi connectivity index (χ1) is 22.3. The minimum absolute atomic E-state index is 0.0494. The lowest BCUT2D eigenvalue weighted by Crippen LogP contribution is -2.56. The number of aliphatic carboxylic acids is 2. The van der Waals surface area contributed by atoms with Gasteiger partial charge in [-0.2, -0.15) is 0 Å². The molecule has 18 nitrogen and oxygen atoms in total. The number of nitrogens with two attached hydrogens (primary N) is 3. The molecule has 1 aliphatic heterocycles. The van der Waals surface area contributed by atoms with Crippen LogP contribution >= 0.6 is 0 Å². The van der Waals surface area contributed by atoms with Crippen LogP contribution in [0.3, 0.4) is 0 Å². The number of hydrogen-bond donors (Lipinski definition) is 9. The number of guanidine groups is 1. The predicted octanol–water partition coefficient (Wildman–Crippen LogP) is -3.25. The molecule has 0 bridgehead atoms. The molecular weight excluding hydrogens is 618 g/mol. The standard InChI is InChI=1S/C29H43N9O9/c30-15-22(39)36-20(14-17-6-2-1-3-7-17)27(45)38-13-5-9-21(38)26(44)34-16-23(40)35-18(10-11-24(41)42)25(43)37-19(28(46)47)8-4-12-33-29(31)32/h1-3,6-7,18-21H,4-5,8-16,30H2,(H,34,44)(H,35,40)(H,36,39)(H,37,43)(H,41,42)(H,46,47)(H4,31,32,33)/t18-,19-,20-,21-/m0/s1. The molecule has 0 saturated carbocycles. The maximum atomic E-state index is 13.5. The van der Waals surface area contributed by atoms with Crippen LogP contribution in [-0.2, 0) is 40.0 Å². The third-order valence-corrected chi connectivity index (χ3v) is 7.22. The Morgan fingerprint density at radius 1 is 0.915 bits per heavy atom. The van der Waals surface area contributed by atoms with Crippen molar-refractivity contribution >= 4 is 47.4 Å². The molecule has 0 aromatic heterocycles. The number of likely N-dealkylation sites (tertiary alicyclic amines) is 1. The van der Waals surface area contributed by atoms with Crippen LogP contribution in [-0.4, -0.2) is 113 Å². The molecule has 1 saturated heterocycles. The number of nitrogens with zero attached hydrogens (tertiary/aromatic N) is 2. The summed E-state index contributed by atoms with van der Waals surface area (Å²) in [6.45, 7) is -0.603. The number of rotatable bonds is 19. The van der Waals surface area contributed by atoms with Crippen LogP contribution in [0.2, 0.25) is 0 Å². The van der Waals surface area contributed by atoms with Gasteiger partial charge in [0.1, 0.15) is 24.2 Å². The number of carbonyl (C=O) groups is 7. The van der Waals surface area contributed by atoms with Crippen molar-refractivity contribution in [2.45, 2.75) is 69.1 Å². The van der Waals surface area contributed by atoms with Crippen LogP contribution in [0.1, 0.15) is 44.1 Å². The van der Waals surface area contributed by atoms with Gasteiger partial charge in [0.2, 0.25) is 29.5 Å². The van der Waals surface area contributed by atoms with Crippen molar-refractivity contribution in [3.8, 4) is 0 Å². The van der Waals surface area contributed by atoms with Crippen molar-refractivity contribution in [2.24, 2.45) is 22.2 Å². The molecule has 0 aliphatic carbocycles. The highest BCUT2D eigenvalue weighted by atomic mass is 16.4. The minimum Gasteiger partial charge on any atom is -0.481 e. The molecule has 4 atom stereocenters. The molecule has 5 amide bonds. The minimum atomic E-state index is -1.43. The van der Waals surface area contributed by atoms with Crippen LogP contribution in [0.25, 0.3) is 0 Å². The molecule has 0 unspecified atom stereocenters. The summed E-state index contributed by atoms with van der Waals surface area (Å²) in [5.41, 5.74) is 16.7. The molecule has 1 aliphatic rings. The van der Waals surface area contributed by atoms with Crippen molar-refractivity contribution in [3.05, 3.63) is 35.9 Å². The summed E-state index contributed by atoms with van der Waals surface area (Å²) in [7, 11) is 0.